The Bertz CT molecular complexity index is 534. The van der Waals surface area contributed by atoms with E-state index in [-0.39, 0.29) is 17.9 Å². The molecule has 0 saturated carbocycles. The highest BCUT2D eigenvalue weighted by molar-refractivity contribution is 7.13. The smallest absolute Gasteiger partial charge is 0.308 e. The number of carboxylic acid groups (broad SMARTS) is 1. The Morgan fingerprint density at radius 1 is 1.43 bits per heavy atom. The lowest BCUT2D eigenvalue weighted by Gasteiger charge is -2.27. The average Bonchev–Trinajstić information content (AvgIpc) is 3.17. The number of rotatable bonds is 3. The van der Waals surface area contributed by atoms with Crippen LogP contribution in [0.2, 0.25) is 0 Å². The van der Waals surface area contributed by atoms with E-state index in [0.717, 1.165) is 24.5 Å². The van der Waals surface area contributed by atoms with E-state index in [9.17, 15) is 14.7 Å². The van der Waals surface area contributed by atoms with Crippen LogP contribution in [0.15, 0.2) is 11.6 Å². The van der Waals surface area contributed by atoms with Crippen molar-refractivity contribution in [3.05, 3.63) is 11.6 Å². The molecule has 0 aromatic carbocycles. The number of hydrogen-bond donors (Lipinski definition) is 1. The van der Waals surface area contributed by atoms with Crippen LogP contribution in [0.1, 0.15) is 19.8 Å². The summed E-state index contributed by atoms with van der Waals surface area (Å²) in [7, 11) is 0. The largest absolute Gasteiger partial charge is 0.481 e. The minimum atomic E-state index is -0.805. The maximum absolute atomic E-state index is 12.7. The Morgan fingerprint density at radius 2 is 2.24 bits per heavy atom. The fraction of sp³-hybridized carbons (Fsp3) is 0.643. The van der Waals surface area contributed by atoms with Crippen molar-refractivity contribution in [2.45, 2.75) is 25.8 Å². The van der Waals surface area contributed by atoms with E-state index >= 15 is 0 Å². The van der Waals surface area contributed by atoms with E-state index < -0.39 is 11.9 Å². The topological polar surface area (TPSA) is 73.7 Å². The lowest BCUT2D eigenvalue weighted by Crippen LogP contribution is -2.45. The first-order valence-electron chi connectivity index (χ1n) is 7.25. The summed E-state index contributed by atoms with van der Waals surface area (Å²) in [5.41, 5.74) is 0. The van der Waals surface area contributed by atoms with Crippen molar-refractivity contribution in [3.63, 3.8) is 0 Å². The number of amides is 1. The van der Waals surface area contributed by atoms with Gasteiger partial charge in [-0.25, -0.2) is 4.98 Å². The molecule has 2 aliphatic rings. The van der Waals surface area contributed by atoms with Crippen LogP contribution in [0.3, 0.4) is 0 Å². The number of carboxylic acids is 1. The van der Waals surface area contributed by atoms with Crippen LogP contribution < -0.4 is 4.90 Å². The van der Waals surface area contributed by atoms with Crippen molar-refractivity contribution < 1.29 is 14.7 Å². The van der Waals surface area contributed by atoms with Gasteiger partial charge in [0.05, 0.1) is 5.92 Å². The number of nitrogens with zero attached hydrogens (tertiary/aromatic N) is 3. The number of carbonyl (C=O) groups excluding carboxylic acids is 1. The zero-order valence-corrected chi connectivity index (χ0v) is 12.8. The van der Waals surface area contributed by atoms with Gasteiger partial charge in [-0.3, -0.25) is 9.59 Å². The second kappa shape index (κ2) is 5.63. The van der Waals surface area contributed by atoms with Crippen LogP contribution >= 0.6 is 11.3 Å². The zero-order chi connectivity index (χ0) is 15.0. The Kier molecular flexibility index (Phi) is 3.84. The zero-order valence-electron chi connectivity index (χ0n) is 11.9. The number of thiazole rings is 1. The Hall–Kier alpha value is -1.63. The predicted octanol–water partition coefficient (Wildman–Crippen LogP) is 1.29. The molecule has 1 unspecified atom stereocenters. The van der Waals surface area contributed by atoms with Gasteiger partial charge in [-0.2, -0.15) is 0 Å². The van der Waals surface area contributed by atoms with Crippen molar-refractivity contribution in [1.29, 1.82) is 0 Å². The number of anilines is 1. The third kappa shape index (κ3) is 2.62. The molecule has 21 heavy (non-hydrogen) atoms. The molecule has 0 radical (unpaired) electrons. The van der Waals surface area contributed by atoms with Gasteiger partial charge in [0.2, 0.25) is 5.91 Å². The van der Waals surface area contributed by atoms with E-state index in [4.69, 9.17) is 0 Å². The molecule has 7 heteroatoms. The third-order valence-corrected chi connectivity index (χ3v) is 5.25. The summed E-state index contributed by atoms with van der Waals surface area (Å²) >= 11 is 1.54. The van der Waals surface area contributed by atoms with Gasteiger partial charge in [0, 0.05) is 31.2 Å². The van der Waals surface area contributed by atoms with Crippen molar-refractivity contribution >= 4 is 28.3 Å². The van der Waals surface area contributed by atoms with E-state index in [1.54, 1.807) is 11.1 Å². The first-order valence-corrected chi connectivity index (χ1v) is 8.13. The minimum absolute atomic E-state index is 0.0150. The summed E-state index contributed by atoms with van der Waals surface area (Å²) in [6.07, 6.45) is 3.54. The lowest BCUT2D eigenvalue weighted by molar-refractivity contribution is -0.142. The Morgan fingerprint density at radius 3 is 2.86 bits per heavy atom. The normalized spacial score (nSPS) is 29.1. The van der Waals surface area contributed by atoms with E-state index in [2.05, 4.69) is 9.88 Å². The lowest BCUT2D eigenvalue weighted by atomic mass is 9.99. The summed E-state index contributed by atoms with van der Waals surface area (Å²) in [6.45, 7) is 3.62. The van der Waals surface area contributed by atoms with Gasteiger partial charge in [-0.1, -0.05) is 6.92 Å². The molecule has 2 saturated heterocycles. The molecule has 1 aromatic rings. The highest BCUT2D eigenvalue weighted by atomic mass is 32.1. The molecule has 0 spiro atoms. The van der Waals surface area contributed by atoms with Crippen molar-refractivity contribution in [1.82, 2.24) is 9.88 Å². The van der Waals surface area contributed by atoms with Gasteiger partial charge in [-0.15, -0.1) is 11.3 Å². The van der Waals surface area contributed by atoms with Gasteiger partial charge in [0.1, 0.15) is 6.04 Å². The Labute approximate surface area is 127 Å². The second-order valence-corrected chi connectivity index (χ2v) is 6.70. The summed E-state index contributed by atoms with van der Waals surface area (Å²) < 4.78 is 0. The van der Waals surface area contributed by atoms with Gasteiger partial charge in [0.25, 0.3) is 0 Å². The molecular formula is C14H19N3O3S. The fourth-order valence-corrected chi connectivity index (χ4v) is 4.01. The van der Waals surface area contributed by atoms with Gasteiger partial charge >= 0.3 is 5.97 Å². The summed E-state index contributed by atoms with van der Waals surface area (Å²) in [6, 6.07) is -0.184. The van der Waals surface area contributed by atoms with Crippen molar-refractivity contribution in [2.75, 3.05) is 24.5 Å². The van der Waals surface area contributed by atoms with Gasteiger partial charge in [-0.05, 0) is 18.8 Å². The third-order valence-electron chi connectivity index (χ3n) is 4.44. The SMILES string of the molecule is C[C@@H]1CN(C(=O)C2CCCN2c2nccs2)C[C@H]1C(=O)O. The molecule has 0 bridgehead atoms. The predicted molar refractivity (Wildman–Crippen MR) is 79.4 cm³/mol. The summed E-state index contributed by atoms with van der Waals surface area (Å²) in [5, 5.41) is 12.0. The molecule has 6 nitrogen and oxygen atoms in total. The van der Waals surface area contributed by atoms with E-state index in [1.165, 1.54) is 11.3 Å². The molecule has 2 fully saturated rings. The highest BCUT2D eigenvalue weighted by Crippen LogP contribution is 2.30. The summed E-state index contributed by atoms with van der Waals surface area (Å²) in [5.74, 6) is -1.18. The number of aromatic nitrogens is 1. The van der Waals surface area contributed by atoms with Crippen molar-refractivity contribution in [2.24, 2.45) is 11.8 Å². The average molecular weight is 309 g/mol. The van der Waals surface area contributed by atoms with Gasteiger partial charge < -0.3 is 14.9 Å². The molecule has 2 aliphatic heterocycles. The van der Waals surface area contributed by atoms with Crippen LogP contribution in [0.4, 0.5) is 5.13 Å². The monoisotopic (exact) mass is 309 g/mol. The van der Waals surface area contributed by atoms with E-state index in [0.29, 0.717) is 13.1 Å². The highest BCUT2D eigenvalue weighted by Gasteiger charge is 2.41. The molecule has 3 heterocycles. The second-order valence-electron chi connectivity index (χ2n) is 5.83. The number of hydrogen-bond acceptors (Lipinski definition) is 5. The van der Waals surface area contributed by atoms with Crippen LogP contribution in [-0.4, -0.2) is 52.5 Å². The Balaban J connectivity index is 1.72. The summed E-state index contributed by atoms with van der Waals surface area (Å²) in [4.78, 5) is 32.0. The molecule has 114 valence electrons. The number of aliphatic carboxylic acids is 1. The van der Waals surface area contributed by atoms with Crippen LogP contribution in [-0.2, 0) is 9.59 Å². The van der Waals surface area contributed by atoms with E-state index in [1.807, 2.05) is 12.3 Å². The molecule has 1 aromatic heterocycles. The maximum Gasteiger partial charge on any atom is 0.308 e. The molecule has 1 N–H and O–H groups in total. The fourth-order valence-electron chi connectivity index (χ4n) is 3.29. The standard InChI is InChI=1S/C14H19N3O3S/c1-9-7-16(8-10(9)13(19)20)12(18)11-3-2-5-17(11)14-15-4-6-21-14/h4,6,9-11H,2-3,5,7-8H2,1H3,(H,19,20)/t9-,10-,11?/m1/s1. The van der Waals surface area contributed by atoms with Crippen molar-refractivity contribution in [3.8, 4) is 0 Å². The van der Waals surface area contributed by atoms with Gasteiger partial charge in [0.15, 0.2) is 5.13 Å². The molecule has 3 rings (SSSR count). The molecule has 0 aliphatic carbocycles. The first kappa shape index (κ1) is 14.3. The number of likely N-dealkylation sites (tertiary alicyclic amines) is 1. The molecular weight excluding hydrogens is 290 g/mol. The van der Waals surface area contributed by atoms with Crippen LogP contribution in [0.5, 0.6) is 0 Å². The number of carbonyl (C=O) groups is 2. The van der Waals surface area contributed by atoms with Crippen LogP contribution in [0.25, 0.3) is 0 Å². The minimum Gasteiger partial charge on any atom is -0.481 e. The molecule has 3 atom stereocenters. The molecule has 1 amide bonds. The quantitative estimate of drug-likeness (QED) is 0.911. The first-order chi connectivity index (χ1) is 10.1. The maximum atomic E-state index is 12.7. The van der Waals surface area contributed by atoms with Crippen LogP contribution in [0, 0.1) is 11.8 Å².